The molecule has 1 unspecified atom stereocenters. The first-order chi connectivity index (χ1) is 9.85. The Morgan fingerprint density at radius 2 is 2.14 bits per heavy atom. The predicted molar refractivity (Wildman–Crippen MR) is 77.2 cm³/mol. The Kier molecular flexibility index (Phi) is 6.15. The highest BCUT2D eigenvalue weighted by molar-refractivity contribution is 7.90. The lowest BCUT2D eigenvalue weighted by Crippen LogP contribution is -2.39. The zero-order chi connectivity index (χ0) is 16.0. The summed E-state index contributed by atoms with van der Waals surface area (Å²) in [6.45, 7) is 3.73. The molecule has 0 aliphatic heterocycles. The number of sulfonamides is 1. The molecule has 21 heavy (non-hydrogen) atoms. The maximum absolute atomic E-state index is 12.1. The minimum atomic E-state index is -4.05. The average Bonchev–Trinajstić information content (AvgIpc) is 2.43. The number of carbonyl (C=O) groups is 1. The van der Waals surface area contributed by atoms with Crippen LogP contribution in [0.3, 0.4) is 0 Å². The number of nitriles is 1. The lowest BCUT2D eigenvalue weighted by Gasteiger charge is -2.15. The van der Waals surface area contributed by atoms with Crippen molar-refractivity contribution in [2.75, 3.05) is 6.61 Å². The molecule has 0 spiro atoms. The van der Waals surface area contributed by atoms with Gasteiger partial charge in [-0.3, -0.25) is 4.79 Å². The summed E-state index contributed by atoms with van der Waals surface area (Å²) in [5, 5.41) is 8.76. The van der Waals surface area contributed by atoms with Crippen molar-refractivity contribution >= 4 is 27.5 Å². The van der Waals surface area contributed by atoms with Crippen molar-refractivity contribution in [1.82, 2.24) is 4.72 Å². The lowest BCUT2D eigenvalue weighted by atomic mass is 10.2. The van der Waals surface area contributed by atoms with E-state index in [2.05, 4.69) is 0 Å². The van der Waals surface area contributed by atoms with Crippen LogP contribution in [0.15, 0.2) is 23.1 Å². The first-order valence-electron chi connectivity index (χ1n) is 6.23. The number of hydrogen-bond donors (Lipinski definition) is 1. The normalized spacial score (nSPS) is 12.5. The summed E-state index contributed by atoms with van der Waals surface area (Å²) in [7, 11) is -4.05. The lowest BCUT2D eigenvalue weighted by molar-refractivity contribution is -0.130. The molecule has 0 aromatic heterocycles. The zero-order valence-electron chi connectivity index (χ0n) is 11.6. The van der Waals surface area contributed by atoms with Gasteiger partial charge in [0.2, 0.25) is 0 Å². The third-order valence-corrected chi connectivity index (χ3v) is 4.29. The Morgan fingerprint density at radius 3 is 2.62 bits per heavy atom. The third kappa shape index (κ3) is 4.43. The molecular weight excluding hydrogens is 316 g/mol. The Hall–Kier alpha value is -1.62. The van der Waals surface area contributed by atoms with E-state index in [1.807, 2.05) is 10.8 Å². The molecule has 1 rings (SSSR count). The van der Waals surface area contributed by atoms with E-state index in [0.29, 0.717) is 13.0 Å². The van der Waals surface area contributed by atoms with Gasteiger partial charge < -0.3 is 4.74 Å². The zero-order valence-corrected chi connectivity index (χ0v) is 13.2. The van der Waals surface area contributed by atoms with Gasteiger partial charge in [-0.15, -0.1) is 0 Å². The maximum Gasteiger partial charge on any atom is 0.264 e. The van der Waals surface area contributed by atoms with Gasteiger partial charge >= 0.3 is 0 Å². The Bertz CT molecular complexity index is 667. The van der Waals surface area contributed by atoms with Crippen molar-refractivity contribution in [2.24, 2.45) is 0 Å². The number of nitrogens with one attached hydrogen (secondary N) is 1. The van der Waals surface area contributed by atoms with Crippen LogP contribution < -0.4 is 4.72 Å². The highest BCUT2D eigenvalue weighted by Gasteiger charge is 2.24. The fraction of sp³-hybridized carbons (Fsp3) is 0.385. The van der Waals surface area contributed by atoms with E-state index < -0.39 is 22.0 Å². The van der Waals surface area contributed by atoms with E-state index in [4.69, 9.17) is 21.6 Å². The number of halogens is 1. The Balaban J connectivity index is 2.99. The molecule has 0 radical (unpaired) electrons. The second-order valence-electron chi connectivity index (χ2n) is 4.08. The fourth-order valence-electron chi connectivity index (χ4n) is 1.59. The molecule has 1 amide bonds. The quantitative estimate of drug-likeness (QED) is 0.858. The van der Waals surface area contributed by atoms with Crippen LogP contribution in [0.2, 0.25) is 5.02 Å². The van der Waals surface area contributed by atoms with Gasteiger partial charge in [0.1, 0.15) is 12.2 Å². The SMILES string of the molecule is CCOC(CC)C(=O)NS(=O)(=O)c1ccc(C#N)c(Cl)c1. The fourth-order valence-corrected chi connectivity index (χ4v) is 2.91. The largest absolute Gasteiger partial charge is 0.369 e. The summed E-state index contributed by atoms with van der Waals surface area (Å²) in [4.78, 5) is 11.7. The van der Waals surface area contributed by atoms with Crippen LogP contribution in [-0.2, 0) is 19.6 Å². The third-order valence-electron chi connectivity index (χ3n) is 2.64. The van der Waals surface area contributed by atoms with Crippen LogP contribution in [0.25, 0.3) is 0 Å². The second kappa shape index (κ2) is 7.41. The molecule has 0 saturated heterocycles. The average molecular weight is 331 g/mol. The minimum absolute atomic E-state index is 0.00433. The number of ether oxygens (including phenoxy) is 1. The van der Waals surface area contributed by atoms with Crippen LogP contribution in [0, 0.1) is 11.3 Å². The van der Waals surface area contributed by atoms with E-state index in [1.54, 1.807) is 13.8 Å². The highest BCUT2D eigenvalue weighted by Crippen LogP contribution is 2.20. The van der Waals surface area contributed by atoms with Gasteiger partial charge in [0.05, 0.1) is 15.5 Å². The van der Waals surface area contributed by atoms with Gasteiger partial charge in [-0.25, -0.2) is 13.1 Å². The summed E-state index contributed by atoms with van der Waals surface area (Å²) in [5.41, 5.74) is 0.155. The van der Waals surface area contributed by atoms with E-state index in [9.17, 15) is 13.2 Å². The molecule has 0 fully saturated rings. The molecule has 1 atom stereocenters. The number of carbonyl (C=O) groups excluding carboxylic acids is 1. The van der Waals surface area contributed by atoms with Crippen LogP contribution >= 0.6 is 11.6 Å². The monoisotopic (exact) mass is 330 g/mol. The molecule has 114 valence electrons. The number of rotatable bonds is 6. The van der Waals surface area contributed by atoms with Crippen molar-refractivity contribution in [3.63, 3.8) is 0 Å². The number of benzene rings is 1. The summed E-state index contributed by atoms with van der Waals surface area (Å²) >= 11 is 5.79. The second-order valence-corrected chi connectivity index (χ2v) is 6.17. The number of nitrogens with zero attached hydrogens (tertiary/aromatic N) is 1. The molecule has 1 aromatic carbocycles. The van der Waals surface area contributed by atoms with Crippen molar-refractivity contribution in [3.05, 3.63) is 28.8 Å². The summed E-state index contributed by atoms with van der Waals surface area (Å²) in [6, 6.07) is 5.44. The maximum atomic E-state index is 12.1. The predicted octanol–water partition coefficient (Wildman–Crippen LogP) is 1.83. The molecule has 0 bridgehead atoms. The number of amides is 1. The first kappa shape index (κ1) is 17.4. The minimum Gasteiger partial charge on any atom is -0.369 e. The van der Waals surface area contributed by atoms with Crippen molar-refractivity contribution < 1.29 is 17.9 Å². The smallest absolute Gasteiger partial charge is 0.264 e. The van der Waals surface area contributed by atoms with Crippen LogP contribution in [0.4, 0.5) is 0 Å². The summed E-state index contributed by atoms with van der Waals surface area (Å²) < 4.78 is 31.3. The van der Waals surface area contributed by atoms with Crippen LogP contribution in [0.5, 0.6) is 0 Å². The van der Waals surface area contributed by atoms with Gasteiger partial charge in [-0.2, -0.15) is 5.26 Å². The van der Waals surface area contributed by atoms with E-state index in [1.165, 1.54) is 12.1 Å². The highest BCUT2D eigenvalue weighted by atomic mass is 35.5. The molecule has 6 nitrogen and oxygen atoms in total. The van der Waals surface area contributed by atoms with Crippen LogP contribution in [-0.4, -0.2) is 27.0 Å². The molecule has 1 N–H and O–H groups in total. The van der Waals surface area contributed by atoms with Crippen molar-refractivity contribution in [2.45, 2.75) is 31.3 Å². The van der Waals surface area contributed by atoms with Gasteiger partial charge in [0.15, 0.2) is 0 Å². The van der Waals surface area contributed by atoms with Gasteiger partial charge in [-0.05, 0) is 31.5 Å². The number of hydrogen-bond acceptors (Lipinski definition) is 5. The van der Waals surface area contributed by atoms with Gasteiger partial charge in [-0.1, -0.05) is 18.5 Å². The molecule has 0 aliphatic rings. The topological polar surface area (TPSA) is 96.3 Å². The van der Waals surface area contributed by atoms with Crippen molar-refractivity contribution in [3.8, 4) is 6.07 Å². The Labute approximate surface area is 128 Å². The molecule has 0 aliphatic carbocycles. The Morgan fingerprint density at radius 1 is 1.48 bits per heavy atom. The summed E-state index contributed by atoms with van der Waals surface area (Å²) in [5.74, 6) is -0.736. The van der Waals surface area contributed by atoms with Crippen LogP contribution in [0.1, 0.15) is 25.8 Å². The molecule has 0 heterocycles. The van der Waals surface area contributed by atoms with E-state index in [-0.39, 0.29) is 15.5 Å². The van der Waals surface area contributed by atoms with E-state index in [0.717, 1.165) is 6.07 Å². The molecular formula is C13H15ClN2O4S. The van der Waals surface area contributed by atoms with E-state index >= 15 is 0 Å². The molecule has 0 saturated carbocycles. The first-order valence-corrected chi connectivity index (χ1v) is 8.09. The van der Waals surface area contributed by atoms with Gasteiger partial charge in [0, 0.05) is 6.61 Å². The summed E-state index contributed by atoms with van der Waals surface area (Å²) in [6.07, 6.45) is -0.484. The van der Waals surface area contributed by atoms with Gasteiger partial charge in [0.25, 0.3) is 15.9 Å². The van der Waals surface area contributed by atoms with Crippen molar-refractivity contribution in [1.29, 1.82) is 5.26 Å². The molecule has 1 aromatic rings. The standard InChI is InChI=1S/C13H15ClN2O4S/c1-3-12(20-4-2)13(17)16-21(18,19)10-6-5-9(8-15)11(14)7-10/h5-7,12H,3-4H2,1-2H3,(H,16,17). The molecule has 8 heteroatoms.